The van der Waals surface area contributed by atoms with Gasteiger partial charge < -0.3 is 15.5 Å². The molecule has 4 heteroatoms. The molecule has 3 N–H and O–H groups in total. The Morgan fingerprint density at radius 3 is 2.31 bits per heavy atom. The van der Waals surface area contributed by atoms with E-state index in [0.717, 1.165) is 25.7 Å². The van der Waals surface area contributed by atoms with Crippen LogP contribution in [-0.4, -0.2) is 34.9 Å². The van der Waals surface area contributed by atoms with Gasteiger partial charge in [0.05, 0.1) is 5.60 Å². The number of carbonyl (C=O) groups is 1. The largest absolute Gasteiger partial charge is 0.478 e. The van der Waals surface area contributed by atoms with Gasteiger partial charge in [0.15, 0.2) is 0 Å². The van der Waals surface area contributed by atoms with Crippen molar-refractivity contribution >= 4 is 5.97 Å². The maximum Gasteiger partial charge on any atom is 0.332 e. The molecule has 1 aliphatic carbocycles. The molecule has 0 unspecified atom stereocenters. The maximum absolute atomic E-state index is 10.5. The normalized spacial score (nSPS) is 20.1. The van der Waals surface area contributed by atoms with Crippen LogP contribution in [0.5, 0.6) is 0 Å². The molecular weight excluding hydrogens is 206 g/mol. The van der Waals surface area contributed by atoms with Gasteiger partial charge in [-0.3, -0.25) is 0 Å². The number of aliphatic carboxylic acids is 1. The summed E-state index contributed by atoms with van der Waals surface area (Å²) in [5.74, 6) is -0.986. The predicted molar refractivity (Wildman–Crippen MR) is 62.3 cm³/mol. The Kier molecular flexibility index (Phi) is 4.96. The first-order valence-corrected chi connectivity index (χ1v) is 5.88. The molecule has 92 valence electrons. The second-order valence-electron chi connectivity index (χ2n) is 4.65. The molecule has 1 saturated carbocycles. The first kappa shape index (κ1) is 13.2. The van der Waals surface area contributed by atoms with Crippen molar-refractivity contribution in [2.75, 3.05) is 13.1 Å². The number of carboxylic acid groups (broad SMARTS) is 1. The summed E-state index contributed by atoms with van der Waals surface area (Å²) >= 11 is 0. The highest BCUT2D eigenvalue weighted by molar-refractivity contribution is 5.86. The lowest BCUT2D eigenvalue weighted by atomic mass is 9.94. The van der Waals surface area contributed by atoms with Crippen LogP contribution in [-0.2, 0) is 4.79 Å². The zero-order chi connectivity index (χ0) is 12.0. The Hall–Kier alpha value is -0.870. The molecule has 1 fully saturated rings. The quantitative estimate of drug-likeness (QED) is 0.489. The minimum absolute atomic E-state index is 0.136. The van der Waals surface area contributed by atoms with Gasteiger partial charge in [-0.1, -0.05) is 32.3 Å². The van der Waals surface area contributed by atoms with Crippen LogP contribution in [0.25, 0.3) is 0 Å². The van der Waals surface area contributed by atoms with Gasteiger partial charge in [-0.25, -0.2) is 4.79 Å². The van der Waals surface area contributed by atoms with E-state index < -0.39 is 11.6 Å². The van der Waals surface area contributed by atoms with Gasteiger partial charge in [0.1, 0.15) is 0 Å². The first-order chi connectivity index (χ1) is 7.53. The van der Waals surface area contributed by atoms with Crippen LogP contribution in [0.2, 0.25) is 0 Å². The van der Waals surface area contributed by atoms with Crippen molar-refractivity contribution in [3.63, 3.8) is 0 Å². The molecule has 0 bridgehead atoms. The number of nitrogens with one attached hydrogen (secondary N) is 1. The summed E-state index contributed by atoms with van der Waals surface area (Å²) in [6, 6.07) is 0. The van der Waals surface area contributed by atoms with E-state index in [2.05, 4.69) is 11.9 Å². The van der Waals surface area contributed by atoms with E-state index in [9.17, 15) is 9.90 Å². The highest BCUT2D eigenvalue weighted by Crippen LogP contribution is 2.26. The standard InChI is InChI=1S/C12H21NO3/c1-10(11(14)15)8-13-9-12(16)6-4-2-3-5-7-12/h13,16H,1-9H2,(H,14,15). The minimum Gasteiger partial charge on any atom is -0.478 e. The number of hydrogen-bond donors (Lipinski definition) is 3. The molecule has 0 aromatic heterocycles. The fraction of sp³-hybridized carbons (Fsp3) is 0.750. The summed E-state index contributed by atoms with van der Waals surface area (Å²) < 4.78 is 0. The molecule has 0 saturated heterocycles. The van der Waals surface area contributed by atoms with E-state index in [1.165, 1.54) is 12.8 Å². The topological polar surface area (TPSA) is 69.6 Å². The highest BCUT2D eigenvalue weighted by Gasteiger charge is 2.27. The summed E-state index contributed by atoms with van der Waals surface area (Å²) in [7, 11) is 0. The molecule has 1 aliphatic rings. The molecule has 0 spiro atoms. The van der Waals surface area contributed by atoms with Crippen molar-refractivity contribution in [3.8, 4) is 0 Å². The van der Waals surface area contributed by atoms with Gasteiger partial charge in [-0.15, -0.1) is 0 Å². The third-order valence-electron chi connectivity index (χ3n) is 3.13. The Morgan fingerprint density at radius 1 is 1.25 bits per heavy atom. The van der Waals surface area contributed by atoms with Crippen LogP contribution >= 0.6 is 0 Å². The first-order valence-electron chi connectivity index (χ1n) is 5.88. The number of hydrogen-bond acceptors (Lipinski definition) is 3. The zero-order valence-corrected chi connectivity index (χ0v) is 9.67. The molecule has 1 rings (SSSR count). The van der Waals surface area contributed by atoms with Crippen molar-refractivity contribution in [1.29, 1.82) is 0 Å². The lowest BCUT2D eigenvalue weighted by molar-refractivity contribution is -0.132. The van der Waals surface area contributed by atoms with Crippen molar-refractivity contribution in [2.24, 2.45) is 0 Å². The Morgan fingerprint density at radius 2 is 1.81 bits per heavy atom. The van der Waals surface area contributed by atoms with Gasteiger partial charge in [-0.05, 0) is 12.8 Å². The van der Waals surface area contributed by atoms with Crippen LogP contribution < -0.4 is 5.32 Å². The van der Waals surface area contributed by atoms with Gasteiger partial charge in [0, 0.05) is 18.7 Å². The Labute approximate surface area is 96.4 Å². The molecule has 0 amide bonds. The van der Waals surface area contributed by atoms with Crippen molar-refractivity contribution in [3.05, 3.63) is 12.2 Å². The van der Waals surface area contributed by atoms with Crippen LogP contribution in [0.4, 0.5) is 0 Å². The van der Waals surface area contributed by atoms with Crippen molar-refractivity contribution < 1.29 is 15.0 Å². The second kappa shape index (κ2) is 6.01. The molecular formula is C12H21NO3. The summed E-state index contributed by atoms with van der Waals surface area (Å²) in [6.07, 6.45) is 6.09. The van der Waals surface area contributed by atoms with Crippen LogP contribution in [0.3, 0.4) is 0 Å². The molecule has 0 heterocycles. The van der Waals surface area contributed by atoms with E-state index in [-0.39, 0.29) is 12.1 Å². The zero-order valence-electron chi connectivity index (χ0n) is 9.67. The van der Waals surface area contributed by atoms with Crippen LogP contribution in [0.15, 0.2) is 12.2 Å². The molecule has 0 aromatic rings. The SMILES string of the molecule is C=C(CNCC1(O)CCCCCC1)C(=O)O. The van der Waals surface area contributed by atoms with Crippen LogP contribution in [0.1, 0.15) is 38.5 Å². The number of aliphatic hydroxyl groups is 1. The molecule has 16 heavy (non-hydrogen) atoms. The summed E-state index contributed by atoms with van der Waals surface area (Å²) in [6.45, 7) is 4.13. The van der Waals surface area contributed by atoms with Crippen molar-refractivity contribution in [1.82, 2.24) is 5.32 Å². The average molecular weight is 227 g/mol. The second-order valence-corrected chi connectivity index (χ2v) is 4.65. The number of rotatable bonds is 5. The fourth-order valence-corrected chi connectivity index (χ4v) is 2.09. The predicted octanol–water partition coefficient (Wildman–Crippen LogP) is 1.30. The third kappa shape index (κ3) is 4.33. The third-order valence-corrected chi connectivity index (χ3v) is 3.13. The van der Waals surface area contributed by atoms with E-state index in [4.69, 9.17) is 5.11 Å². The molecule has 0 radical (unpaired) electrons. The molecule has 0 aromatic carbocycles. The summed E-state index contributed by atoms with van der Waals surface area (Å²) in [5.41, 5.74) is -0.521. The van der Waals surface area contributed by atoms with Gasteiger partial charge in [0.25, 0.3) is 0 Å². The maximum atomic E-state index is 10.5. The summed E-state index contributed by atoms with van der Waals surface area (Å²) in [4.78, 5) is 10.5. The lowest BCUT2D eigenvalue weighted by Crippen LogP contribution is -2.41. The summed E-state index contributed by atoms with van der Waals surface area (Å²) in [5, 5.41) is 21.9. The lowest BCUT2D eigenvalue weighted by Gasteiger charge is -2.26. The Balaban J connectivity index is 2.29. The smallest absolute Gasteiger partial charge is 0.332 e. The highest BCUT2D eigenvalue weighted by atomic mass is 16.4. The van der Waals surface area contributed by atoms with Crippen molar-refractivity contribution in [2.45, 2.75) is 44.1 Å². The Bertz CT molecular complexity index is 255. The van der Waals surface area contributed by atoms with Gasteiger partial charge in [-0.2, -0.15) is 0 Å². The van der Waals surface area contributed by atoms with Gasteiger partial charge in [0.2, 0.25) is 0 Å². The van der Waals surface area contributed by atoms with E-state index >= 15 is 0 Å². The molecule has 4 nitrogen and oxygen atoms in total. The minimum atomic E-state index is -0.986. The van der Waals surface area contributed by atoms with E-state index in [1.807, 2.05) is 0 Å². The van der Waals surface area contributed by atoms with Crippen LogP contribution in [0, 0.1) is 0 Å². The monoisotopic (exact) mass is 227 g/mol. The fourth-order valence-electron chi connectivity index (χ4n) is 2.09. The van der Waals surface area contributed by atoms with E-state index in [1.54, 1.807) is 0 Å². The number of carboxylic acids is 1. The molecule has 0 atom stereocenters. The molecule has 0 aliphatic heterocycles. The van der Waals surface area contributed by atoms with E-state index in [0.29, 0.717) is 6.54 Å². The van der Waals surface area contributed by atoms with Gasteiger partial charge >= 0.3 is 5.97 Å². The average Bonchev–Trinajstić information content (AvgIpc) is 2.43.